The summed E-state index contributed by atoms with van der Waals surface area (Å²) >= 11 is 0. The molecule has 2 aromatic rings. The number of methoxy groups -OCH3 is 4. The monoisotopic (exact) mass is 385 g/mol. The van der Waals surface area contributed by atoms with Crippen LogP contribution < -0.4 is 23.8 Å². The quantitative estimate of drug-likeness (QED) is 0.683. The van der Waals surface area contributed by atoms with Gasteiger partial charge in [-0.25, -0.2) is 0 Å². The van der Waals surface area contributed by atoms with Gasteiger partial charge in [-0.3, -0.25) is 5.01 Å². The number of hydrogen-bond donors (Lipinski definition) is 0. The molecule has 0 atom stereocenters. The SMILES string of the molecule is COc1cc(OC)c(/C=N\N2CCN(c3ccccc3OC)CC2)c(OC)c1. The van der Waals surface area contributed by atoms with Gasteiger partial charge < -0.3 is 23.8 Å². The summed E-state index contributed by atoms with van der Waals surface area (Å²) < 4.78 is 21.7. The molecule has 1 fully saturated rings. The summed E-state index contributed by atoms with van der Waals surface area (Å²) in [6.07, 6.45) is 1.79. The second-order valence-electron chi connectivity index (χ2n) is 6.30. The van der Waals surface area contributed by atoms with Gasteiger partial charge in [0.15, 0.2) is 0 Å². The predicted octanol–water partition coefficient (Wildman–Crippen LogP) is 2.88. The Bertz CT molecular complexity index is 792. The Morgan fingerprint density at radius 3 is 1.96 bits per heavy atom. The van der Waals surface area contributed by atoms with Crippen LogP contribution in [0.2, 0.25) is 0 Å². The van der Waals surface area contributed by atoms with Gasteiger partial charge in [0.2, 0.25) is 0 Å². The molecule has 0 unspecified atom stereocenters. The minimum absolute atomic E-state index is 0.660. The number of para-hydroxylation sites is 2. The lowest BCUT2D eigenvalue weighted by Gasteiger charge is -2.35. The summed E-state index contributed by atoms with van der Waals surface area (Å²) in [6.45, 7) is 3.37. The van der Waals surface area contributed by atoms with E-state index in [1.807, 2.05) is 30.3 Å². The van der Waals surface area contributed by atoms with E-state index >= 15 is 0 Å². The van der Waals surface area contributed by atoms with Crippen molar-refractivity contribution in [2.75, 3.05) is 59.5 Å². The first kappa shape index (κ1) is 19.7. The van der Waals surface area contributed by atoms with Crippen molar-refractivity contribution in [1.29, 1.82) is 0 Å². The van der Waals surface area contributed by atoms with Crippen molar-refractivity contribution in [3.63, 3.8) is 0 Å². The van der Waals surface area contributed by atoms with Crippen molar-refractivity contribution >= 4 is 11.9 Å². The zero-order chi connectivity index (χ0) is 19.9. The first-order valence-electron chi connectivity index (χ1n) is 9.17. The lowest BCUT2D eigenvalue weighted by atomic mass is 10.2. The van der Waals surface area contributed by atoms with Crippen LogP contribution in [0, 0.1) is 0 Å². The van der Waals surface area contributed by atoms with Gasteiger partial charge in [-0.05, 0) is 12.1 Å². The highest BCUT2D eigenvalue weighted by molar-refractivity contribution is 5.88. The summed E-state index contributed by atoms with van der Waals surface area (Å²) in [7, 11) is 6.56. The van der Waals surface area contributed by atoms with Gasteiger partial charge >= 0.3 is 0 Å². The third-order valence-corrected chi connectivity index (χ3v) is 4.79. The zero-order valence-corrected chi connectivity index (χ0v) is 16.8. The molecule has 0 spiro atoms. The van der Waals surface area contributed by atoms with Gasteiger partial charge in [-0.2, -0.15) is 5.10 Å². The van der Waals surface area contributed by atoms with Gasteiger partial charge in [-0.1, -0.05) is 12.1 Å². The van der Waals surface area contributed by atoms with Crippen molar-refractivity contribution in [3.8, 4) is 23.0 Å². The molecule has 1 saturated heterocycles. The second-order valence-corrected chi connectivity index (χ2v) is 6.30. The molecule has 28 heavy (non-hydrogen) atoms. The first-order chi connectivity index (χ1) is 13.7. The maximum Gasteiger partial charge on any atom is 0.142 e. The maximum atomic E-state index is 5.48. The lowest BCUT2D eigenvalue weighted by Crippen LogP contribution is -2.44. The molecule has 0 aromatic heterocycles. The van der Waals surface area contributed by atoms with Crippen LogP contribution in [0.25, 0.3) is 0 Å². The minimum Gasteiger partial charge on any atom is -0.496 e. The number of piperazine rings is 1. The Morgan fingerprint density at radius 2 is 1.39 bits per heavy atom. The van der Waals surface area contributed by atoms with Crippen molar-refractivity contribution in [3.05, 3.63) is 42.0 Å². The molecule has 1 heterocycles. The van der Waals surface area contributed by atoms with E-state index in [4.69, 9.17) is 18.9 Å². The highest BCUT2D eigenvalue weighted by atomic mass is 16.5. The van der Waals surface area contributed by atoms with E-state index in [1.54, 1.807) is 34.7 Å². The second kappa shape index (κ2) is 9.21. The van der Waals surface area contributed by atoms with Crippen LogP contribution in [0.5, 0.6) is 23.0 Å². The normalized spacial score (nSPS) is 14.3. The number of rotatable bonds is 7. The molecule has 0 radical (unpaired) electrons. The topological polar surface area (TPSA) is 55.8 Å². The third-order valence-electron chi connectivity index (χ3n) is 4.79. The van der Waals surface area contributed by atoms with Gasteiger partial charge in [0.1, 0.15) is 23.0 Å². The Hall–Kier alpha value is -3.09. The van der Waals surface area contributed by atoms with E-state index in [1.165, 1.54) is 0 Å². The van der Waals surface area contributed by atoms with Crippen LogP contribution in [0.1, 0.15) is 5.56 Å². The Labute approximate surface area is 166 Å². The molecule has 1 aliphatic rings. The number of nitrogens with zero attached hydrogens (tertiary/aromatic N) is 3. The molecule has 3 rings (SSSR count). The van der Waals surface area contributed by atoms with E-state index in [0.717, 1.165) is 43.2 Å². The van der Waals surface area contributed by atoms with Crippen LogP contribution in [-0.2, 0) is 0 Å². The van der Waals surface area contributed by atoms with Crippen molar-refractivity contribution < 1.29 is 18.9 Å². The van der Waals surface area contributed by atoms with E-state index in [2.05, 4.69) is 21.1 Å². The van der Waals surface area contributed by atoms with Crippen molar-refractivity contribution in [1.82, 2.24) is 5.01 Å². The van der Waals surface area contributed by atoms with Crippen LogP contribution in [-0.4, -0.2) is 65.8 Å². The summed E-state index contributed by atoms with van der Waals surface area (Å²) in [5.41, 5.74) is 1.91. The van der Waals surface area contributed by atoms with Crippen molar-refractivity contribution in [2.45, 2.75) is 0 Å². The van der Waals surface area contributed by atoms with Crippen LogP contribution in [0.4, 0.5) is 5.69 Å². The Kier molecular flexibility index (Phi) is 6.47. The highest BCUT2D eigenvalue weighted by Gasteiger charge is 2.19. The number of anilines is 1. The average Bonchev–Trinajstić information content (AvgIpc) is 2.77. The molecule has 7 heteroatoms. The van der Waals surface area contributed by atoms with E-state index in [0.29, 0.717) is 17.2 Å². The molecule has 7 nitrogen and oxygen atoms in total. The maximum absolute atomic E-state index is 5.48. The molecule has 1 aliphatic heterocycles. The Balaban J connectivity index is 1.70. The number of hydrazone groups is 1. The van der Waals surface area contributed by atoms with Crippen LogP contribution >= 0.6 is 0 Å². The number of hydrogen-bond acceptors (Lipinski definition) is 7. The lowest BCUT2D eigenvalue weighted by molar-refractivity contribution is 0.271. The van der Waals surface area contributed by atoms with Crippen molar-refractivity contribution in [2.24, 2.45) is 5.10 Å². The first-order valence-corrected chi connectivity index (χ1v) is 9.17. The number of ether oxygens (including phenoxy) is 4. The van der Waals surface area contributed by atoms with Gasteiger partial charge in [-0.15, -0.1) is 0 Å². The van der Waals surface area contributed by atoms with Crippen LogP contribution in [0.15, 0.2) is 41.5 Å². The molecule has 0 aliphatic carbocycles. The van der Waals surface area contributed by atoms with E-state index in [-0.39, 0.29) is 0 Å². The fourth-order valence-corrected chi connectivity index (χ4v) is 3.24. The average molecular weight is 385 g/mol. The summed E-state index contributed by atoms with van der Waals surface area (Å²) in [4.78, 5) is 2.32. The molecule has 0 bridgehead atoms. The molecule has 2 aromatic carbocycles. The summed E-state index contributed by atoms with van der Waals surface area (Å²) in [6, 6.07) is 11.7. The van der Waals surface area contributed by atoms with E-state index < -0.39 is 0 Å². The van der Waals surface area contributed by atoms with Crippen LogP contribution in [0.3, 0.4) is 0 Å². The molecule has 0 amide bonds. The smallest absolute Gasteiger partial charge is 0.142 e. The van der Waals surface area contributed by atoms with Gasteiger partial charge in [0.25, 0.3) is 0 Å². The molecular formula is C21H27N3O4. The standard InChI is InChI=1S/C21H27N3O4/c1-25-16-13-20(27-3)17(21(14-16)28-4)15-22-24-11-9-23(10-12-24)18-7-5-6-8-19(18)26-2/h5-8,13-15H,9-12H2,1-4H3/b22-15-. The fourth-order valence-electron chi connectivity index (χ4n) is 3.24. The largest absolute Gasteiger partial charge is 0.496 e. The molecule has 150 valence electrons. The van der Waals surface area contributed by atoms with Gasteiger partial charge in [0, 0.05) is 25.2 Å². The van der Waals surface area contributed by atoms with E-state index in [9.17, 15) is 0 Å². The minimum atomic E-state index is 0.660. The summed E-state index contributed by atoms with van der Waals surface area (Å²) in [5, 5.41) is 6.70. The zero-order valence-electron chi connectivity index (χ0n) is 16.8. The highest BCUT2D eigenvalue weighted by Crippen LogP contribution is 2.33. The predicted molar refractivity (Wildman–Crippen MR) is 110 cm³/mol. The summed E-state index contributed by atoms with van der Waals surface area (Å²) in [5.74, 6) is 2.89. The van der Waals surface area contributed by atoms with Gasteiger partial charge in [0.05, 0.1) is 59.0 Å². The molecular weight excluding hydrogens is 358 g/mol. The molecule has 0 N–H and O–H groups in total. The molecule has 0 saturated carbocycles. The fraction of sp³-hybridized carbons (Fsp3) is 0.381. The third kappa shape index (κ3) is 4.24. The Morgan fingerprint density at radius 1 is 0.786 bits per heavy atom. The number of benzene rings is 2.